The maximum Gasteiger partial charge on any atom is 0.0595 e. The molecule has 0 radical (unpaired) electrons. The summed E-state index contributed by atoms with van der Waals surface area (Å²) in [6.07, 6.45) is 0. The van der Waals surface area contributed by atoms with Crippen molar-refractivity contribution in [3.05, 3.63) is 33.8 Å². The van der Waals surface area contributed by atoms with E-state index in [9.17, 15) is 0 Å². The van der Waals surface area contributed by atoms with Gasteiger partial charge in [0.1, 0.15) is 0 Å². The number of halogens is 2. The molecular formula is C11H15Cl2NO2. The highest BCUT2D eigenvalue weighted by molar-refractivity contribution is 6.42. The molecule has 0 amide bonds. The van der Waals surface area contributed by atoms with E-state index in [0.29, 0.717) is 29.7 Å². The van der Waals surface area contributed by atoms with Gasteiger partial charge < -0.3 is 10.2 Å². The van der Waals surface area contributed by atoms with Gasteiger partial charge in [0, 0.05) is 19.6 Å². The Bertz CT molecular complexity index is 328. The normalized spacial score (nSPS) is 11.1. The maximum atomic E-state index is 8.87. The molecule has 0 atom stereocenters. The highest BCUT2D eigenvalue weighted by Gasteiger charge is 2.06. The first kappa shape index (κ1) is 13.7. The summed E-state index contributed by atoms with van der Waals surface area (Å²) in [7, 11) is 0. The van der Waals surface area contributed by atoms with Crippen LogP contribution in [0.1, 0.15) is 5.56 Å². The van der Waals surface area contributed by atoms with Crippen molar-refractivity contribution >= 4 is 23.2 Å². The van der Waals surface area contributed by atoms with Gasteiger partial charge in [0.2, 0.25) is 0 Å². The average molecular weight is 264 g/mol. The minimum Gasteiger partial charge on any atom is -0.395 e. The first-order valence-electron chi connectivity index (χ1n) is 5.05. The zero-order valence-electron chi connectivity index (χ0n) is 8.87. The molecule has 0 aliphatic heterocycles. The summed E-state index contributed by atoms with van der Waals surface area (Å²) in [5.74, 6) is 0. The van der Waals surface area contributed by atoms with Crippen molar-refractivity contribution in [2.45, 2.75) is 6.54 Å². The fraction of sp³-hybridized carbons (Fsp3) is 0.455. The number of aliphatic hydroxyl groups is 2. The van der Waals surface area contributed by atoms with Crippen LogP contribution in [0.4, 0.5) is 0 Å². The van der Waals surface area contributed by atoms with Crippen LogP contribution in [0.3, 0.4) is 0 Å². The van der Waals surface area contributed by atoms with E-state index in [2.05, 4.69) is 0 Å². The molecular weight excluding hydrogens is 249 g/mol. The molecule has 0 bridgehead atoms. The topological polar surface area (TPSA) is 43.7 Å². The van der Waals surface area contributed by atoms with E-state index in [0.717, 1.165) is 5.56 Å². The number of benzene rings is 1. The first-order valence-corrected chi connectivity index (χ1v) is 5.81. The number of hydrogen-bond donors (Lipinski definition) is 2. The van der Waals surface area contributed by atoms with Crippen molar-refractivity contribution in [1.29, 1.82) is 0 Å². The Morgan fingerprint density at radius 2 is 1.62 bits per heavy atom. The summed E-state index contributed by atoms with van der Waals surface area (Å²) in [6, 6.07) is 5.43. The lowest BCUT2D eigenvalue weighted by atomic mass is 10.2. The monoisotopic (exact) mass is 263 g/mol. The minimum atomic E-state index is 0.0708. The zero-order chi connectivity index (χ0) is 12.0. The number of rotatable bonds is 6. The quantitative estimate of drug-likeness (QED) is 0.823. The van der Waals surface area contributed by atoms with E-state index in [1.807, 2.05) is 11.0 Å². The van der Waals surface area contributed by atoms with Gasteiger partial charge in [0.15, 0.2) is 0 Å². The molecule has 0 saturated carbocycles. The molecule has 90 valence electrons. The molecule has 1 aromatic rings. The van der Waals surface area contributed by atoms with Gasteiger partial charge in [-0.05, 0) is 17.7 Å². The third-order valence-corrected chi connectivity index (χ3v) is 2.96. The van der Waals surface area contributed by atoms with E-state index in [4.69, 9.17) is 33.4 Å². The van der Waals surface area contributed by atoms with Crippen LogP contribution in [0.15, 0.2) is 18.2 Å². The van der Waals surface area contributed by atoms with Crippen molar-refractivity contribution in [1.82, 2.24) is 4.90 Å². The van der Waals surface area contributed by atoms with Crippen LogP contribution < -0.4 is 0 Å². The van der Waals surface area contributed by atoms with Gasteiger partial charge in [-0.25, -0.2) is 0 Å². The molecule has 1 aromatic carbocycles. The SMILES string of the molecule is OCCN(CCO)Cc1ccc(Cl)c(Cl)c1. The van der Waals surface area contributed by atoms with Gasteiger partial charge in [0.05, 0.1) is 23.3 Å². The lowest BCUT2D eigenvalue weighted by Crippen LogP contribution is -2.29. The smallest absolute Gasteiger partial charge is 0.0595 e. The Balaban J connectivity index is 2.65. The van der Waals surface area contributed by atoms with E-state index >= 15 is 0 Å². The highest BCUT2D eigenvalue weighted by atomic mass is 35.5. The van der Waals surface area contributed by atoms with Crippen LogP contribution in [0, 0.1) is 0 Å². The summed E-state index contributed by atoms with van der Waals surface area (Å²) in [6.45, 7) is 1.84. The Kier molecular flexibility index (Phi) is 6.09. The summed E-state index contributed by atoms with van der Waals surface area (Å²) >= 11 is 11.7. The molecule has 0 unspecified atom stereocenters. The van der Waals surface area contributed by atoms with Gasteiger partial charge in [-0.3, -0.25) is 4.90 Å². The molecule has 2 N–H and O–H groups in total. The van der Waals surface area contributed by atoms with Gasteiger partial charge >= 0.3 is 0 Å². The van der Waals surface area contributed by atoms with E-state index in [1.165, 1.54) is 0 Å². The van der Waals surface area contributed by atoms with Crippen LogP contribution in [-0.2, 0) is 6.54 Å². The number of hydrogen-bond acceptors (Lipinski definition) is 3. The van der Waals surface area contributed by atoms with Crippen molar-refractivity contribution in [2.75, 3.05) is 26.3 Å². The highest BCUT2D eigenvalue weighted by Crippen LogP contribution is 2.23. The summed E-state index contributed by atoms with van der Waals surface area (Å²) in [5, 5.41) is 18.8. The molecule has 1 rings (SSSR count). The van der Waals surface area contributed by atoms with E-state index < -0.39 is 0 Å². The molecule has 0 saturated heterocycles. The largest absolute Gasteiger partial charge is 0.395 e. The zero-order valence-corrected chi connectivity index (χ0v) is 10.4. The summed E-state index contributed by atoms with van der Waals surface area (Å²) < 4.78 is 0. The molecule has 5 heteroatoms. The predicted molar refractivity (Wildman–Crippen MR) is 65.9 cm³/mol. The fourth-order valence-corrected chi connectivity index (χ4v) is 1.77. The van der Waals surface area contributed by atoms with Gasteiger partial charge in [-0.1, -0.05) is 29.3 Å². The first-order chi connectivity index (χ1) is 7.67. The molecule has 0 aliphatic carbocycles. The Morgan fingerprint density at radius 1 is 1.00 bits per heavy atom. The third-order valence-electron chi connectivity index (χ3n) is 2.22. The molecule has 16 heavy (non-hydrogen) atoms. The summed E-state index contributed by atoms with van der Waals surface area (Å²) in [4.78, 5) is 1.94. The van der Waals surface area contributed by atoms with Gasteiger partial charge in [-0.15, -0.1) is 0 Å². The van der Waals surface area contributed by atoms with Gasteiger partial charge in [-0.2, -0.15) is 0 Å². The van der Waals surface area contributed by atoms with Crippen LogP contribution in [0.25, 0.3) is 0 Å². The van der Waals surface area contributed by atoms with Crippen molar-refractivity contribution in [2.24, 2.45) is 0 Å². The molecule has 3 nitrogen and oxygen atoms in total. The fourth-order valence-electron chi connectivity index (χ4n) is 1.45. The lowest BCUT2D eigenvalue weighted by Gasteiger charge is -2.20. The standard InChI is InChI=1S/C11H15Cl2NO2/c12-10-2-1-9(7-11(10)13)8-14(3-5-15)4-6-16/h1-2,7,15-16H,3-6,8H2. The number of nitrogens with zero attached hydrogens (tertiary/aromatic N) is 1. The third kappa shape index (κ3) is 4.28. The van der Waals surface area contributed by atoms with Crippen molar-refractivity contribution in [3.63, 3.8) is 0 Å². The molecule has 0 aromatic heterocycles. The summed E-state index contributed by atoms with van der Waals surface area (Å²) in [5.41, 5.74) is 1.01. The second-order valence-electron chi connectivity index (χ2n) is 3.47. The van der Waals surface area contributed by atoms with Gasteiger partial charge in [0.25, 0.3) is 0 Å². The Hall–Kier alpha value is -0.320. The average Bonchev–Trinajstić information content (AvgIpc) is 2.24. The Labute approximate surface area is 105 Å². The van der Waals surface area contributed by atoms with Crippen LogP contribution in [0.5, 0.6) is 0 Å². The molecule has 0 spiro atoms. The molecule has 0 heterocycles. The molecule has 0 fully saturated rings. The minimum absolute atomic E-state index is 0.0708. The second-order valence-corrected chi connectivity index (χ2v) is 4.29. The van der Waals surface area contributed by atoms with Crippen LogP contribution >= 0.6 is 23.2 Å². The van der Waals surface area contributed by atoms with Crippen LogP contribution in [-0.4, -0.2) is 41.4 Å². The maximum absolute atomic E-state index is 8.87. The molecule has 0 aliphatic rings. The van der Waals surface area contributed by atoms with E-state index in [-0.39, 0.29) is 13.2 Å². The second kappa shape index (κ2) is 7.09. The van der Waals surface area contributed by atoms with Crippen LogP contribution in [0.2, 0.25) is 10.0 Å². The van der Waals surface area contributed by atoms with Crippen molar-refractivity contribution < 1.29 is 10.2 Å². The Morgan fingerprint density at radius 3 is 2.12 bits per heavy atom. The van der Waals surface area contributed by atoms with E-state index in [1.54, 1.807) is 12.1 Å². The lowest BCUT2D eigenvalue weighted by molar-refractivity contribution is 0.156. The number of aliphatic hydroxyl groups excluding tert-OH is 2. The van der Waals surface area contributed by atoms with Crippen molar-refractivity contribution in [3.8, 4) is 0 Å². The predicted octanol–water partition coefficient (Wildman–Crippen LogP) is 1.78.